The van der Waals surface area contributed by atoms with Crippen molar-refractivity contribution in [1.29, 1.82) is 0 Å². The molecule has 1 aromatic carbocycles. The van der Waals surface area contributed by atoms with Gasteiger partial charge in [0.05, 0.1) is 0 Å². The molecule has 0 aliphatic rings. The number of benzene rings is 1. The average Bonchev–Trinajstić information content (AvgIpc) is 2.59. The normalized spacial score (nSPS) is 10.3. The summed E-state index contributed by atoms with van der Waals surface area (Å²) in [6, 6.07) is 6.74. The van der Waals surface area contributed by atoms with Gasteiger partial charge in [0.2, 0.25) is 0 Å². The van der Waals surface area contributed by atoms with E-state index in [0.717, 1.165) is 5.39 Å². The Morgan fingerprint density at radius 2 is 2.36 bits per heavy atom. The van der Waals surface area contributed by atoms with Gasteiger partial charge in [0.15, 0.2) is 11.3 Å². The number of fused-ring (bicyclic) bond motifs is 1. The van der Waals surface area contributed by atoms with Crippen LogP contribution in [0.15, 0.2) is 28.7 Å². The van der Waals surface area contributed by atoms with Crippen LogP contribution in [-0.4, -0.2) is 11.6 Å². The second-order valence-electron chi connectivity index (χ2n) is 2.78. The Bertz CT molecular complexity index is 458. The smallest absolute Gasteiger partial charge is 0.417 e. The summed E-state index contributed by atoms with van der Waals surface area (Å²) < 4.78 is 9.66. The quantitative estimate of drug-likeness (QED) is 0.802. The first kappa shape index (κ1) is 8.62. The molecule has 1 aromatic heterocycles. The van der Waals surface area contributed by atoms with E-state index in [9.17, 15) is 9.90 Å². The zero-order valence-electron chi connectivity index (χ0n) is 7.19. The molecule has 0 unspecified atom stereocenters. The van der Waals surface area contributed by atoms with E-state index in [1.54, 1.807) is 18.2 Å². The van der Waals surface area contributed by atoms with Gasteiger partial charge in [-0.15, -0.1) is 0 Å². The summed E-state index contributed by atoms with van der Waals surface area (Å²) in [7, 11) is 0. The van der Waals surface area contributed by atoms with Crippen molar-refractivity contribution in [2.24, 2.45) is 0 Å². The van der Waals surface area contributed by atoms with Gasteiger partial charge >= 0.3 is 6.47 Å². The van der Waals surface area contributed by atoms with E-state index in [-0.39, 0.29) is 12.4 Å². The molecule has 2 aromatic rings. The molecular weight excluding hydrogens is 184 g/mol. The minimum Gasteiger partial charge on any atom is -0.504 e. The molecule has 0 bridgehead atoms. The fourth-order valence-electron chi connectivity index (χ4n) is 1.27. The number of carbonyl (C=O) groups excluding carboxylic acids is 1. The Morgan fingerprint density at radius 1 is 1.50 bits per heavy atom. The Balaban J connectivity index is 2.41. The molecule has 4 nitrogen and oxygen atoms in total. The van der Waals surface area contributed by atoms with Gasteiger partial charge in [-0.1, -0.05) is 12.1 Å². The third-order valence-corrected chi connectivity index (χ3v) is 1.85. The third kappa shape index (κ3) is 1.42. The zero-order valence-corrected chi connectivity index (χ0v) is 7.19. The highest BCUT2D eigenvalue weighted by molar-refractivity contribution is 5.83. The van der Waals surface area contributed by atoms with Crippen LogP contribution >= 0.6 is 0 Å². The summed E-state index contributed by atoms with van der Waals surface area (Å²) in [6.45, 7) is 1.33. The summed E-state index contributed by atoms with van der Waals surface area (Å²) in [5.41, 5.74) is 0.400. The molecule has 0 saturated heterocycles. The molecule has 0 atom stereocenters. The van der Waals surface area contributed by atoms with E-state index >= 15 is 0 Å². The maximum Gasteiger partial charge on any atom is 0.417 e. The van der Waals surface area contributed by atoms with Gasteiger partial charge in [0.1, 0.15) is 12.4 Å². The van der Waals surface area contributed by atoms with Gasteiger partial charge in [-0.25, -0.2) is 4.79 Å². The number of rotatable bonds is 3. The van der Waals surface area contributed by atoms with Crippen molar-refractivity contribution in [1.82, 2.24) is 0 Å². The molecule has 1 N–H and O–H groups in total. The van der Waals surface area contributed by atoms with Crippen molar-refractivity contribution in [2.45, 2.75) is 6.61 Å². The number of ether oxygens (including phenoxy) is 1. The summed E-state index contributed by atoms with van der Waals surface area (Å²) in [4.78, 5) is 9.82. The molecule has 0 aliphatic carbocycles. The summed E-state index contributed by atoms with van der Waals surface area (Å²) in [5.74, 6) is 0.550. The van der Waals surface area contributed by atoms with Gasteiger partial charge < -0.3 is 14.3 Å². The molecule has 1 heterocycles. The number of para-hydroxylation sites is 1. The van der Waals surface area contributed by atoms with Crippen LogP contribution in [0.3, 0.4) is 0 Å². The number of hydrogen-bond donors (Lipinski definition) is 1. The number of furan rings is 1. The van der Waals surface area contributed by atoms with Crippen LogP contribution in [0.25, 0.3) is 11.0 Å². The number of hydrogen-bond acceptors (Lipinski definition) is 4. The Hall–Kier alpha value is -1.97. The topological polar surface area (TPSA) is 59.7 Å². The first-order chi connectivity index (χ1) is 6.81. The maximum absolute atomic E-state index is 9.82. The van der Waals surface area contributed by atoms with Crippen molar-refractivity contribution in [3.63, 3.8) is 0 Å². The molecule has 1 radical (unpaired) electrons. The molecule has 4 heteroatoms. The SMILES string of the molecule is O=[C]OCc1cc2cccc(O)c2o1. The second kappa shape index (κ2) is 3.41. The zero-order chi connectivity index (χ0) is 9.97. The van der Waals surface area contributed by atoms with Crippen LogP contribution in [0.2, 0.25) is 0 Å². The number of aromatic hydroxyl groups is 1. The van der Waals surface area contributed by atoms with Crippen molar-refractivity contribution < 1.29 is 19.1 Å². The van der Waals surface area contributed by atoms with Crippen molar-refractivity contribution in [3.8, 4) is 5.75 Å². The standard InChI is InChI=1S/C10H7O4/c11-6-13-5-8-4-7-2-1-3-9(12)10(7)14-8/h1-4,12H,5H2. The predicted molar refractivity (Wildman–Crippen MR) is 48.4 cm³/mol. The van der Waals surface area contributed by atoms with Crippen molar-refractivity contribution >= 4 is 17.4 Å². The lowest BCUT2D eigenvalue weighted by molar-refractivity contribution is 0.242. The van der Waals surface area contributed by atoms with E-state index in [1.807, 2.05) is 0 Å². The Morgan fingerprint density at radius 3 is 3.07 bits per heavy atom. The molecular formula is C10H7O4. The fraction of sp³-hybridized carbons (Fsp3) is 0.100. The second-order valence-corrected chi connectivity index (χ2v) is 2.78. The van der Waals surface area contributed by atoms with E-state index in [1.165, 1.54) is 12.5 Å². The van der Waals surface area contributed by atoms with Crippen LogP contribution in [0.1, 0.15) is 5.76 Å². The van der Waals surface area contributed by atoms with E-state index in [0.29, 0.717) is 11.3 Å². The van der Waals surface area contributed by atoms with Gasteiger partial charge in [0, 0.05) is 5.39 Å². The highest BCUT2D eigenvalue weighted by atomic mass is 16.5. The monoisotopic (exact) mass is 191 g/mol. The Kier molecular flexibility index (Phi) is 2.10. The lowest BCUT2D eigenvalue weighted by atomic mass is 10.2. The van der Waals surface area contributed by atoms with Crippen LogP contribution in [0, 0.1) is 0 Å². The fourth-order valence-corrected chi connectivity index (χ4v) is 1.27. The number of phenols is 1. The van der Waals surface area contributed by atoms with Crippen molar-refractivity contribution in [2.75, 3.05) is 0 Å². The van der Waals surface area contributed by atoms with E-state index in [4.69, 9.17) is 4.42 Å². The lowest BCUT2D eigenvalue weighted by Crippen LogP contribution is -1.85. The average molecular weight is 191 g/mol. The molecule has 0 spiro atoms. The molecule has 0 saturated carbocycles. The van der Waals surface area contributed by atoms with E-state index < -0.39 is 0 Å². The first-order valence-electron chi connectivity index (χ1n) is 4.00. The van der Waals surface area contributed by atoms with Gasteiger partial charge in [0.25, 0.3) is 0 Å². The summed E-state index contributed by atoms with van der Waals surface area (Å²) >= 11 is 0. The molecule has 0 fully saturated rings. The lowest BCUT2D eigenvalue weighted by Gasteiger charge is -1.92. The number of phenolic OH excluding ortho intramolecular Hbond substituents is 1. The highest BCUT2D eigenvalue weighted by Gasteiger charge is 2.06. The van der Waals surface area contributed by atoms with Gasteiger partial charge in [-0.3, -0.25) is 0 Å². The summed E-state index contributed by atoms with van der Waals surface area (Å²) in [6.07, 6.45) is 0. The molecule has 2 rings (SSSR count). The highest BCUT2D eigenvalue weighted by Crippen LogP contribution is 2.27. The Labute approximate surface area is 79.7 Å². The van der Waals surface area contributed by atoms with Crippen LogP contribution in [0.5, 0.6) is 5.75 Å². The van der Waals surface area contributed by atoms with Crippen molar-refractivity contribution in [3.05, 3.63) is 30.0 Å². The largest absolute Gasteiger partial charge is 0.504 e. The molecule has 71 valence electrons. The first-order valence-corrected chi connectivity index (χ1v) is 4.00. The summed E-state index contributed by atoms with van der Waals surface area (Å²) in [5, 5.41) is 10.2. The van der Waals surface area contributed by atoms with Crippen LogP contribution in [-0.2, 0) is 16.1 Å². The minimum atomic E-state index is 0.0254. The van der Waals surface area contributed by atoms with Gasteiger partial charge in [-0.2, -0.15) is 0 Å². The maximum atomic E-state index is 9.82. The van der Waals surface area contributed by atoms with Gasteiger partial charge in [-0.05, 0) is 12.1 Å². The minimum absolute atomic E-state index is 0.0254. The molecule has 0 amide bonds. The predicted octanol–water partition coefficient (Wildman–Crippen LogP) is 1.72. The van der Waals surface area contributed by atoms with Crippen LogP contribution < -0.4 is 0 Å². The van der Waals surface area contributed by atoms with E-state index in [2.05, 4.69) is 4.74 Å². The molecule has 14 heavy (non-hydrogen) atoms. The molecule has 0 aliphatic heterocycles. The van der Waals surface area contributed by atoms with Crippen LogP contribution in [0.4, 0.5) is 0 Å². The third-order valence-electron chi connectivity index (χ3n) is 1.85.